The second-order valence-electron chi connectivity index (χ2n) is 6.77. The summed E-state index contributed by atoms with van der Waals surface area (Å²) in [5.74, 6) is -2.99. The molecule has 1 aliphatic rings. The minimum atomic E-state index is -5.08. The molecule has 1 saturated heterocycles. The molecular formula is C18H21F6N2O4. The summed E-state index contributed by atoms with van der Waals surface area (Å²) in [6.07, 6.45) is -9.07. The first kappa shape index (κ1) is 25.5. The second-order valence-corrected chi connectivity index (χ2v) is 6.77. The molecule has 0 bridgehead atoms. The number of nitrogens with zero attached hydrogens (tertiary/aromatic N) is 1. The number of piperazine rings is 1. The van der Waals surface area contributed by atoms with Gasteiger partial charge in [-0.25, -0.2) is 4.79 Å². The Morgan fingerprint density at radius 2 is 1.90 bits per heavy atom. The molecule has 1 radical (unpaired) electrons. The van der Waals surface area contributed by atoms with E-state index >= 15 is 0 Å². The maximum absolute atomic E-state index is 12.8. The molecule has 1 fully saturated rings. The Kier molecular flexibility index (Phi) is 8.52. The minimum absolute atomic E-state index is 0.00669. The topological polar surface area (TPSA) is 78.9 Å². The molecule has 2 rings (SSSR count). The van der Waals surface area contributed by atoms with Crippen molar-refractivity contribution in [2.24, 2.45) is 0 Å². The van der Waals surface area contributed by atoms with E-state index < -0.39 is 29.4 Å². The number of hydrogen-bond acceptors (Lipinski definition) is 4. The largest absolute Gasteiger partial charge is 0.493 e. The zero-order valence-corrected chi connectivity index (χ0v) is 16.2. The fourth-order valence-electron chi connectivity index (χ4n) is 2.50. The van der Waals surface area contributed by atoms with Crippen LogP contribution in [0.25, 0.3) is 0 Å². The SMILES string of the molecule is CC1(C)NCCN(CCCOc2c[c]ccc2C(F)(F)F)C1=O.O=C(O)C(F)(F)F. The molecule has 12 heteroatoms. The van der Waals surface area contributed by atoms with Crippen LogP contribution in [0, 0.1) is 6.07 Å². The van der Waals surface area contributed by atoms with Crippen molar-refractivity contribution in [1.82, 2.24) is 10.2 Å². The smallest absolute Gasteiger partial charge is 0.490 e. The van der Waals surface area contributed by atoms with Crippen molar-refractivity contribution in [2.45, 2.75) is 38.2 Å². The van der Waals surface area contributed by atoms with Gasteiger partial charge < -0.3 is 20.1 Å². The van der Waals surface area contributed by atoms with Crippen molar-refractivity contribution in [3.05, 3.63) is 29.8 Å². The fraction of sp³-hybridized carbons (Fsp3) is 0.556. The molecule has 0 atom stereocenters. The van der Waals surface area contributed by atoms with Crippen molar-refractivity contribution in [3.8, 4) is 5.75 Å². The van der Waals surface area contributed by atoms with Crippen molar-refractivity contribution in [2.75, 3.05) is 26.2 Å². The van der Waals surface area contributed by atoms with E-state index in [1.807, 2.05) is 13.8 Å². The van der Waals surface area contributed by atoms with E-state index in [4.69, 9.17) is 14.6 Å². The van der Waals surface area contributed by atoms with Crippen LogP contribution in [-0.2, 0) is 15.8 Å². The number of amides is 1. The number of halogens is 6. The summed E-state index contributed by atoms with van der Waals surface area (Å²) < 4.78 is 75.5. The Morgan fingerprint density at radius 1 is 1.30 bits per heavy atom. The summed E-state index contributed by atoms with van der Waals surface area (Å²) in [4.78, 5) is 22.8. The molecule has 0 aromatic heterocycles. The molecule has 0 unspecified atom stereocenters. The van der Waals surface area contributed by atoms with Gasteiger partial charge in [-0.3, -0.25) is 4.79 Å². The Balaban J connectivity index is 0.000000553. The third-order valence-corrected chi connectivity index (χ3v) is 3.97. The Morgan fingerprint density at radius 3 is 2.43 bits per heavy atom. The number of carbonyl (C=O) groups excluding carboxylic acids is 1. The molecule has 169 valence electrons. The molecule has 1 aliphatic heterocycles. The van der Waals surface area contributed by atoms with E-state index in [0.29, 0.717) is 26.1 Å². The van der Waals surface area contributed by atoms with Crippen LogP contribution in [0.1, 0.15) is 25.8 Å². The number of carbonyl (C=O) groups is 2. The van der Waals surface area contributed by atoms with Crippen LogP contribution >= 0.6 is 0 Å². The molecule has 0 saturated carbocycles. The number of alkyl halides is 6. The lowest BCUT2D eigenvalue weighted by Gasteiger charge is -2.38. The number of nitrogens with one attached hydrogen (secondary N) is 1. The number of carboxylic acid groups (broad SMARTS) is 1. The van der Waals surface area contributed by atoms with Crippen LogP contribution in [0.15, 0.2) is 18.2 Å². The molecule has 1 aromatic carbocycles. The molecule has 0 aliphatic carbocycles. The summed E-state index contributed by atoms with van der Waals surface area (Å²) in [5.41, 5.74) is -1.41. The average Bonchev–Trinajstić information content (AvgIpc) is 2.61. The summed E-state index contributed by atoms with van der Waals surface area (Å²) in [6.45, 7) is 5.49. The number of rotatable bonds is 5. The lowest BCUT2D eigenvalue weighted by molar-refractivity contribution is -0.192. The predicted molar refractivity (Wildman–Crippen MR) is 92.7 cm³/mol. The van der Waals surface area contributed by atoms with Gasteiger partial charge in [0.1, 0.15) is 5.75 Å². The first-order valence-electron chi connectivity index (χ1n) is 8.71. The molecule has 0 spiro atoms. The third kappa shape index (κ3) is 7.73. The average molecular weight is 443 g/mol. The molecular weight excluding hydrogens is 422 g/mol. The van der Waals surface area contributed by atoms with E-state index in [1.54, 1.807) is 4.90 Å². The van der Waals surface area contributed by atoms with Crippen molar-refractivity contribution >= 4 is 11.9 Å². The number of carboxylic acids is 1. The summed E-state index contributed by atoms with van der Waals surface area (Å²) in [5, 5.41) is 10.3. The van der Waals surface area contributed by atoms with E-state index in [9.17, 15) is 31.1 Å². The number of ether oxygens (including phenoxy) is 1. The maximum Gasteiger partial charge on any atom is 0.490 e. The van der Waals surface area contributed by atoms with Crippen molar-refractivity contribution in [3.63, 3.8) is 0 Å². The monoisotopic (exact) mass is 443 g/mol. The van der Waals surface area contributed by atoms with Gasteiger partial charge in [0.05, 0.1) is 17.7 Å². The van der Waals surface area contributed by atoms with Gasteiger partial charge in [0.15, 0.2) is 0 Å². The fourth-order valence-corrected chi connectivity index (χ4v) is 2.50. The normalized spacial score (nSPS) is 16.5. The first-order valence-corrected chi connectivity index (χ1v) is 8.71. The molecule has 1 heterocycles. The third-order valence-electron chi connectivity index (χ3n) is 3.97. The highest BCUT2D eigenvalue weighted by Crippen LogP contribution is 2.35. The quantitative estimate of drug-likeness (QED) is 0.540. The van der Waals surface area contributed by atoms with E-state index in [1.165, 1.54) is 12.1 Å². The molecule has 2 N–H and O–H groups in total. The lowest BCUT2D eigenvalue weighted by atomic mass is 10.0. The van der Waals surface area contributed by atoms with E-state index in [2.05, 4.69) is 11.4 Å². The Hall–Kier alpha value is -2.50. The maximum atomic E-state index is 12.8. The molecule has 1 aromatic rings. The Bertz CT molecular complexity index is 734. The molecule has 30 heavy (non-hydrogen) atoms. The molecule has 1 amide bonds. The van der Waals surface area contributed by atoms with Gasteiger partial charge >= 0.3 is 18.3 Å². The Labute approximate surface area is 168 Å². The van der Waals surface area contributed by atoms with Gasteiger partial charge in [0.25, 0.3) is 0 Å². The summed E-state index contributed by atoms with van der Waals surface area (Å²) in [6, 6.07) is 5.91. The van der Waals surface area contributed by atoms with Crippen molar-refractivity contribution < 1.29 is 45.8 Å². The summed E-state index contributed by atoms with van der Waals surface area (Å²) >= 11 is 0. The van der Waals surface area contributed by atoms with Crippen LogP contribution < -0.4 is 10.1 Å². The zero-order valence-electron chi connectivity index (χ0n) is 16.2. The molecule has 6 nitrogen and oxygen atoms in total. The second kappa shape index (κ2) is 10.0. The van der Waals surface area contributed by atoms with Gasteiger partial charge in [0.2, 0.25) is 5.91 Å². The van der Waals surface area contributed by atoms with Gasteiger partial charge in [0, 0.05) is 19.6 Å². The highest BCUT2D eigenvalue weighted by molar-refractivity contribution is 5.86. The van der Waals surface area contributed by atoms with Crippen LogP contribution in [-0.4, -0.2) is 59.8 Å². The van der Waals surface area contributed by atoms with Gasteiger partial charge in [-0.15, -0.1) is 0 Å². The van der Waals surface area contributed by atoms with E-state index in [0.717, 1.165) is 6.07 Å². The minimum Gasteiger partial charge on any atom is -0.493 e. The van der Waals surface area contributed by atoms with Crippen LogP contribution in [0.3, 0.4) is 0 Å². The number of benzene rings is 1. The van der Waals surface area contributed by atoms with Crippen LogP contribution in [0.4, 0.5) is 26.3 Å². The summed E-state index contributed by atoms with van der Waals surface area (Å²) in [7, 11) is 0. The zero-order chi connectivity index (χ0) is 23.2. The van der Waals surface area contributed by atoms with Crippen LogP contribution in [0.5, 0.6) is 5.75 Å². The lowest BCUT2D eigenvalue weighted by Crippen LogP contribution is -2.61. The standard InChI is InChI=1S/C16H20F3N2O2.C2HF3O2/c1-15(2)14(22)21(10-8-20-15)9-5-11-23-13-7-4-3-6-12(13)16(17,18)19;3-2(4,5)1(6)7/h3,6-7,20H,5,8-11H2,1-2H3;(H,6,7). The van der Waals surface area contributed by atoms with Gasteiger partial charge in [-0.05, 0) is 38.5 Å². The first-order chi connectivity index (χ1) is 13.7. The van der Waals surface area contributed by atoms with Crippen LogP contribution in [0.2, 0.25) is 0 Å². The number of aliphatic carboxylic acids is 1. The highest BCUT2D eigenvalue weighted by Gasteiger charge is 2.38. The van der Waals surface area contributed by atoms with Gasteiger partial charge in [-0.2, -0.15) is 26.3 Å². The highest BCUT2D eigenvalue weighted by atomic mass is 19.4. The van der Waals surface area contributed by atoms with E-state index in [-0.39, 0.29) is 18.3 Å². The number of hydrogen-bond donors (Lipinski definition) is 2. The van der Waals surface area contributed by atoms with Crippen molar-refractivity contribution in [1.29, 1.82) is 0 Å². The predicted octanol–water partition coefficient (Wildman–Crippen LogP) is 3.12. The van der Waals surface area contributed by atoms with Gasteiger partial charge in [-0.1, -0.05) is 6.07 Å².